The molecular weight excluding hydrogens is 128 g/mol. The first-order valence-electron chi connectivity index (χ1n) is 3.41. The highest BCUT2D eigenvalue weighted by molar-refractivity contribution is 5.73. The molecule has 0 spiro atoms. The van der Waals surface area contributed by atoms with Crippen LogP contribution in [-0.4, -0.2) is 6.03 Å². The van der Waals surface area contributed by atoms with Crippen molar-refractivity contribution in [2.24, 2.45) is 5.73 Å². The zero-order chi connectivity index (χ0) is 7.98. The summed E-state index contributed by atoms with van der Waals surface area (Å²) in [6, 6.07) is -0.527. The summed E-state index contributed by atoms with van der Waals surface area (Å²) < 4.78 is 0. The molecule has 58 valence electrons. The number of hydrogen-bond donors (Lipinski definition) is 2. The van der Waals surface area contributed by atoms with Crippen molar-refractivity contribution in [3.05, 3.63) is 12.3 Å². The van der Waals surface area contributed by atoms with Crippen molar-refractivity contribution in [1.82, 2.24) is 5.32 Å². The van der Waals surface area contributed by atoms with Gasteiger partial charge in [0.15, 0.2) is 0 Å². The lowest BCUT2D eigenvalue weighted by atomic mass is 10.2. The molecule has 0 saturated heterocycles. The first kappa shape index (κ1) is 9.01. The minimum atomic E-state index is -0.527. The van der Waals surface area contributed by atoms with Crippen molar-refractivity contribution < 1.29 is 4.79 Å². The Labute approximate surface area is 61.3 Å². The van der Waals surface area contributed by atoms with E-state index in [1.165, 1.54) is 0 Å². The van der Waals surface area contributed by atoms with Crippen LogP contribution in [0.1, 0.15) is 26.2 Å². The van der Waals surface area contributed by atoms with Gasteiger partial charge in [-0.2, -0.15) is 0 Å². The van der Waals surface area contributed by atoms with Crippen LogP contribution in [-0.2, 0) is 0 Å². The second-order valence-electron chi connectivity index (χ2n) is 2.20. The molecule has 0 heterocycles. The van der Waals surface area contributed by atoms with E-state index >= 15 is 0 Å². The standard InChI is InChI=1S/C7H14N2O/c1-3-4-5-6(2)9-7(8)10/h2-5H2,1H3,(H3,8,9,10). The fourth-order valence-electron chi connectivity index (χ4n) is 0.627. The van der Waals surface area contributed by atoms with Gasteiger partial charge in [0.1, 0.15) is 0 Å². The number of primary amides is 1. The van der Waals surface area contributed by atoms with E-state index in [9.17, 15) is 4.79 Å². The molecule has 0 aliphatic heterocycles. The van der Waals surface area contributed by atoms with E-state index in [0.717, 1.165) is 19.3 Å². The molecular formula is C7H14N2O. The van der Waals surface area contributed by atoms with Crippen molar-refractivity contribution in [2.75, 3.05) is 0 Å². The van der Waals surface area contributed by atoms with Gasteiger partial charge in [-0.1, -0.05) is 19.9 Å². The third-order valence-corrected chi connectivity index (χ3v) is 1.13. The van der Waals surface area contributed by atoms with E-state index in [4.69, 9.17) is 5.73 Å². The highest BCUT2D eigenvalue weighted by atomic mass is 16.2. The van der Waals surface area contributed by atoms with Gasteiger partial charge in [-0.25, -0.2) is 4.79 Å². The number of urea groups is 1. The summed E-state index contributed by atoms with van der Waals surface area (Å²) in [6.07, 6.45) is 2.96. The van der Waals surface area contributed by atoms with Crippen LogP contribution < -0.4 is 11.1 Å². The van der Waals surface area contributed by atoms with E-state index in [1.54, 1.807) is 0 Å². The lowest BCUT2D eigenvalue weighted by molar-refractivity contribution is 0.251. The molecule has 0 aromatic rings. The van der Waals surface area contributed by atoms with E-state index in [-0.39, 0.29) is 0 Å². The molecule has 0 saturated carbocycles. The van der Waals surface area contributed by atoms with Gasteiger partial charge in [0.25, 0.3) is 0 Å². The summed E-state index contributed by atoms with van der Waals surface area (Å²) in [5.41, 5.74) is 5.56. The normalized spacial score (nSPS) is 8.90. The van der Waals surface area contributed by atoms with Gasteiger partial charge in [0, 0.05) is 5.70 Å². The number of amides is 2. The first-order valence-corrected chi connectivity index (χ1v) is 3.41. The Kier molecular flexibility index (Phi) is 4.37. The maximum atomic E-state index is 10.2. The molecule has 0 unspecified atom stereocenters. The van der Waals surface area contributed by atoms with E-state index in [1.807, 2.05) is 0 Å². The van der Waals surface area contributed by atoms with Crippen molar-refractivity contribution in [1.29, 1.82) is 0 Å². The summed E-state index contributed by atoms with van der Waals surface area (Å²) >= 11 is 0. The van der Waals surface area contributed by atoms with Gasteiger partial charge < -0.3 is 11.1 Å². The Bertz CT molecular complexity index is 132. The van der Waals surface area contributed by atoms with Gasteiger partial charge in [-0.15, -0.1) is 0 Å². The number of hydrogen-bond acceptors (Lipinski definition) is 1. The van der Waals surface area contributed by atoms with Crippen LogP contribution in [0.4, 0.5) is 4.79 Å². The molecule has 0 aliphatic carbocycles. The Balaban J connectivity index is 3.35. The average molecular weight is 142 g/mol. The molecule has 0 rings (SSSR count). The Morgan fingerprint density at radius 2 is 2.30 bits per heavy atom. The van der Waals surface area contributed by atoms with Crippen LogP contribution in [0.5, 0.6) is 0 Å². The molecule has 2 amide bonds. The van der Waals surface area contributed by atoms with Crippen molar-refractivity contribution >= 4 is 6.03 Å². The Morgan fingerprint density at radius 1 is 1.70 bits per heavy atom. The highest BCUT2D eigenvalue weighted by Crippen LogP contribution is 2.00. The maximum absolute atomic E-state index is 10.2. The van der Waals surface area contributed by atoms with Crippen LogP contribution in [0.2, 0.25) is 0 Å². The molecule has 0 aromatic carbocycles. The molecule has 0 atom stereocenters. The van der Waals surface area contributed by atoms with E-state index in [2.05, 4.69) is 18.8 Å². The molecule has 3 N–H and O–H groups in total. The molecule has 0 aromatic heterocycles. The second-order valence-corrected chi connectivity index (χ2v) is 2.20. The Morgan fingerprint density at radius 3 is 2.70 bits per heavy atom. The summed E-state index contributed by atoms with van der Waals surface area (Å²) in [6.45, 7) is 5.70. The topological polar surface area (TPSA) is 55.1 Å². The van der Waals surface area contributed by atoms with Crippen LogP contribution >= 0.6 is 0 Å². The number of nitrogens with two attached hydrogens (primary N) is 1. The molecule has 3 nitrogen and oxygen atoms in total. The second kappa shape index (κ2) is 4.85. The number of carbonyl (C=O) groups is 1. The quantitative estimate of drug-likeness (QED) is 0.611. The Hall–Kier alpha value is -0.990. The van der Waals surface area contributed by atoms with Crippen LogP contribution in [0, 0.1) is 0 Å². The van der Waals surface area contributed by atoms with Gasteiger partial charge in [-0.05, 0) is 12.8 Å². The summed E-state index contributed by atoms with van der Waals surface area (Å²) in [5, 5.41) is 2.42. The molecule has 3 heteroatoms. The zero-order valence-corrected chi connectivity index (χ0v) is 6.31. The average Bonchev–Trinajstić information content (AvgIpc) is 1.82. The number of allylic oxidation sites excluding steroid dienone is 1. The monoisotopic (exact) mass is 142 g/mol. The van der Waals surface area contributed by atoms with Crippen molar-refractivity contribution in [3.63, 3.8) is 0 Å². The highest BCUT2D eigenvalue weighted by Gasteiger charge is 1.94. The number of carbonyl (C=O) groups excluding carboxylic acids is 1. The number of nitrogens with one attached hydrogen (secondary N) is 1. The van der Waals surface area contributed by atoms with E-state index < -0.39 is 6.03 Å². The molecule has 0 aliphatic rings. The lowest BCUT2D eigenvalue weighted by Gasteiger charge is -2.02. The summed E-state index contributed by atoms with van der Waals surface area (Å²) in [7, 11) is 0. The molecule has 0 bridgehead atoms. The van der Waals surface area contributed by atoms with Gasteiger partial charge in [-0.3, -0.25) is 0 Å². The smallest absolute Gasteiger partial charge is 0.316 e. The van der Waals surface area contributed by atoms with Gasteiger partial charge >= 0.3 is 6.03 Å². The predicted molar refractivity (Wildman–Crippen MR) is 41.4 cm³/mol. The van der Waals surface area contributed by atoms with Crippen LogP contribution in [0.3, 0.4) is 0 Å². The van der Waals surface area contributed by atoms with Gasteiger partial charge in [0.2, 0.25) is 0 Å². The van der Waals surface area contributed by atoms with Crippen LogP contribution in [0.25, 0.3) is 0 Å². The van der Waals surface area contributed by atoms with E-state index in [0.29, 0.717) is 5.70 Å². The van der Waals surface area contributed by atoms with Gasteiger partial charge in [0.05, 0.1) is 0 Å². The van der Waals surface area contributed by atoms with Crippen molar-refractivity contribution in [2.45, 2.75) is 26.2 Å². The minimum absolute atomic E-state index is 0.527. The third kappa shape index (κ3) is 5.15. The zero-order valence-electron chi connectivity index (χ0n) is 6.31. The maximum Gasteiger partial charge on any atom is 0.316 e. The fraction of sp³-hybridized carbons (Fsp3) is 0.571. The first-order chi connectivity index (χ1) is 4.66. The molecule has 10 heavy (non-hydrogen) atoms. The van der Waals surface area contributed by atoms with Crippen LogP contribution in [0.15, 0.2) is 12.3 Å². The SMILES string of the molecule is C=C(CCCC)NC(N)=O. The lowest BCUT2D eigenvalue weighted by Crippen LogP contribution is -2.28. The van der Waals surface area contributed by atoms with Crippen molar-refractivity contribution in [3.8, 4) is 0 Å². The summed E-state index contributed by atoms with van der Waals surface area (Å²) in [4.78, 5) is 10.2. The summed E-state index contributed by atoms with van der Waals surface area (Å²) in [5.74, 6) is 0. The predicted octanol–water partition coefficient (Wildman–Crippen LogP) is 1.36. The molecule has 0 radical (unpaired) electrons. The minimum Gasteiger partial charge on any atom is -0.351 e. The fourth-order valence-corrected chi connectivity index (χ4v) is 0.627. The number of unbranched alkanes of at least 4 members (excludes halogenated alkanes) is 1. The third-order valence-electron chi connectivity index (χ3n) is 1.13. The largest absolute Gasteiger partial charge is 0.351 e. The molecule has 0 fully saturated rings. The number of rotatable bonds is 4.